The minimum atomic E-state index is -4.76. The number of H-pyrrole nitrogens is 1. The molecule has 0 aromatic carbocycles. The first-order chi connectivity index (χ1) is 11.4. The van der Waals surface area contributed by atoms with E-state index in [9.17, 15) is 28.7 Å². The zero-order chi connectivity index (χ0) is 19.0. The SMILES string of the molecule is Cc1cn([C@H]2C[C@@H](O)[C@@H](COP(=O)(O)CP(=O)(O)O)O2)c(=O)[nH]c1=O. The summed E-state index contributed by atoms with van der Waals surface area (Å²) < 4.78 is 33.4. The van der Waals surface area contributed by atoms with Crippen molar-refractivity contribution in [1.82, 2.24) is 9.55 Å². The van der Waals surface area contributed by atoms with Gasteiger partial charge in [-0.1, -0.05) is 0 Å². The minimum Gasteiger partial charge on any atom is -0.390 e. The molecule has 142 valence electrons. The third-order valence-electron chi connectivity index (χ3n) is 3.46. The van der Waals surface area contributed by atoms with Gasteiger partial charge in [0.05, 0.1) is 12.7 Å². The molecule has 1 fully saturated rings. The van der Waals surface area contributed by atoms with Crippen LogP contribution in [0.5, 0.6) is 0 Å². The molecule has 1 saturated heterocycles. The van der Waals surface area contributed by atoms with Crippen LogP contribution in [0.1, 0.15) is 18.2 Å². The minimum absolute atomic E-state index is 0.0480. The second-order valence-electron chi connectivity index (χ2n) is 5.65. The Hall–Kier alpha value is -1.10. The fourth-order valence-corrected chi connectivity index (χ4v) is 4.87. The first-order valence-electron chi connectivity index (χ1n) is 7.04. The highest BCUT2D eigenvalue weighted by Crippen LogP contribution is 2.55. The van der Waals surface area contributed by atoms with E-state index >= 15 is 0 Å². The molecular formula is C11H18N2O10P2. The Bertz CT molecular complexity index is 842. The third-order valence-corrected chi connectivity index (χ3v) is 6.92. The standard InChI is InChI=1S/C11H18N2O10P2/c1-6-3-13(11(16)12-10(6)15)9-2-7(14)8(23-9)4-22-25(20,21)5-24(17,18)19/h3,7-9,14H,2,4-5H2,1H3,(H,20,21)(H,12,15,16)(H2,17,18,19)/t7-,8-,9-/m1/s1. The molecule has 0 spiro atoms. The quantitative estimate of drug-likeness (QED) is 0.364. The fourth-order valence-electron chi connectivity index (χ4n) is 2.30. The van der Waals surface area contributed by atoms with Gasteiger partial charge in [0.2, 0.25) is 0 Å². The van der Waals surface area contributed by atoms with Crippen molar-refractivity contribution in [3.05, 3.63) is 32.6 Å². The maximum absolute atomic E-state index is 11.8. The van der Waals surface area contributed by atoms with E-state index in [1.54, 1.807) is 0 Å². The molecule has 2 rings (SSSR count). The Kier molecular flexibility index (Phi) is 5.87. The Balaban J connectivity index is 2.06. The average Bonchev–Trinajstić information content (AvgIpc) is 2.79. The molecule has 1 aromatic rings. The summed E-state index contributed by atoms with van der Waals surface area (Å²) in [4.78, 5) is 52.1. The van der Waals surface area contributed by atoms with Crippen LogP contribution in [0.25, 0.3) is 0 Å². The monoisotopic (exact) mass is 400 g/mol. The number of aliphatic hydroxyl groups excluding tert-OH is 1. The van der Waals surface area contributed by atoms with Crippen molar-refractivity contribution in [3.8, 4) is 0 Å². The van der Waals surface area contributed by atoms with Crippen LogP contribution in [0.2, 0.25) is 0 Å². The van der Waals surface area contributed by atoms with Crippen LogP contribution < -0.4 is 11.2 Å². The number of nitrogens with zero attached hydrogens (tertiary/aromatic N) is 1. The van der Waals surface area contributed by atoms with Gasteiger partial charge in [-0.3, -0.25) is 23.5 Å². The topological polar surface area (TPSA) is 188 Å². The smallest absolute Gasteiger partial charge is 0.340 e. The van der Waals surface area contributed by atoms with Gasteiger partial charge in [-0.2, -0.15) is 0 Å². The van der Waals surface area contributed by atoms with Crippen molar-refractivity contribution in [1.29, 1.82) is 0 Å². The predicted molar refractivity (Wildman–Crippen MR) is 83.3 cm³/mol. The number of rotatable bonds is 6. The molecule has 1 aromatic heterocycles. The summed E-state index contributed by atoms with van der Waals surface area (Å²) >= 11 is 0. The molecule has 1 aliphatic rings. The highest BCUT2D eigenvalue weighted by molar-refractivity contribution is 7.70. The summed E-state index contributed by atoms with van der Waals surface area (Å²) in [6, 6.07) is 0. The van der Waals surface area contributed by atoms with Crippen LogP contribution >= 0.6 is 15.2 Å². The van der Waals surface area contributed by atoms with Crippen molar-refractivity contribution < 1.29 is 38.2 Å². The van der Waals surface area contributed by atoms with E-state index < -0.39 is 57.4 Å². The van der Waals surface area contributed by atoms with Gasteiger partial charge in [-0.05, 0) is 6.92 Å². The van der Waals surface area contributed by atoms with Gasteiger partial charge in [-0.15, -0.1) is 0 Å². The first kappa shape index (κ1) is 20.2. The molecule has 14 heteroatoms. The fraction of sp³-hybridized carbons (Fsp3) is 0.636. The van der Waals surface area contributed by atoms with E-state index in [1.165, 1.54) is 13.1 Å². The molecule has 1 aliphatic heterocycles. The van der Waals surface area contributed by atoms with Gasteiger partial charge in [0.25, 0.3) is 5.56 Å². The van der Waals surface area contributed by atoms with Crippen molar-refractivity contribution >= 4 is 15.2 Å². The number of aryl methyl sites for hydroxylation is 1. The summed E-state index contributed by atoms with van der Waals surface area (Å²) in [6.07, 6.45) is -1.98. The van der Waals surface area contributed by atoms with Crippen molar-refractivity contribution in [3.63, 3.8) is 0 Å². The van der Waals surface area contributed by atoms with Crippen LogP contribution in [-0.4, -0.2) is 54.1 Å². The van der Waals surface area contributed by atoms with Crippen molar-refractivity contribution in [2.45, 2.75) is 31.8 Å². The summed E-state index contributed by atoms with van der Waals surface area (Å²) in [5.41, 5.74) is -1.05. The molecule has 25 heavy (non-hydrogen) atoms. The number of nitrogens with one attached hydrogen (secondary N) is 1. The third kappa shape index (κ3) is 5.44. The Morgan fingerprint density at radius 2 is 2.00 bits per heavy atom. The molecule has 2 heterocycles. The van der Waals surface area contributed by atoms with Gasteiger partial charge in [0.15, 0.2) is 5.90 Å². The van der Waals surface area contributed by atoms with E-state index in [2.05, 4.69) is 9.51 Å². The van der Waals surface area contributed by atoms with Crippen molar-refractivity contribution in [2.24, 2.45) is 0 Å². The van der Waals surface area contributed by atoms with E-state index in [0.29, 0.717) is 0 Å². The Morgan fingerprint density at radius 3 is 2.60 bits per heavy atom. The summed E-state index contributed by atoms with van der Waals surface area (Å²) in [5.74, 6) is -1.36. The Labute approximate surface area is 140 Å². The van der Waals surface area contributed by atoms with Gasteiger partial charge >= 0.3 is 20.9 Å². The number of aromatic nitrogens is 2. The molecule has 12 nitrogen and oxygen atoms in total. The predicted octanol–water partition coefficient (Wildman–Crippen LogP) is -1.17. The van der Waals surface area contributed by atoms with E-state index in [0.717, 1.165) is 4.57 Å². The second kappa shape index (κ2) is 7.26. The number of aromatic amines is 1. The number of aliphatic hydroxyl groups is 1. The van der Waals surface area contributed by atoms with Crippen LogP contribution in [0.4, 0.5) is 0 Å². The summed E-state index contributed by atoms with van der Waals surface area (Å²) in [5, 5.41) is 9.95. The molecular weight excluding hydrogens is 382 g/mol. The Morgan fingerprint density at radius 1 is 1.36 bits per heavy atom. The maximum Gasteiger partial charge on any atom is 0.340 e. The average molecular weight is 400 g/mol. The van der Waals surface area contributed by atoms with Gasteiger partial charge in [-0.25, -0.2) is 4.79 Å². The zero-order valence-corrected chi connectivity index (χ0v) is 14.8. The number of hydrogen-bond donors (Lipinski definition) is 5. The molecule has 0 radical (unpaired) electrons. The van der Waals surface area contributed by atoms with Crippen LogP contribution in [0, 0.1) is 6.92 Å². The van der Waals surface area contributed by atoms with Crippen LogP contribution in [-0.2, 0) is 18.4 Å². The lowest BCUT2D eigenvalue weighted by Crippen LogP contribution is -2.33. The second-order valence-corrected chi connectivity index (χ2v) is 9.64. The zero-order valence-electron chi connectivity index (χ0n) is 13.0. The lowest BCUT2D eigenvalue weighted by atomic mass is 10.2. The largest absolute Gasteiger partial charge is 0.390 e. The lowest BCUT2D eigenvalue weighted by Gasteiger charge is -2.18. The highest BCUT2D eigenvalue weighted by Gasteiger charge is 2.38. The van der Waals surface area contributed by atoms with Crippen molar-refractivity contribution in [2.75, 3.05) is 12.5 Å². The van der Waals surface area contributed by atoms with E-state index in [1.807, 2.05) is 0 Å². The highest BCUT2D eigenvalue weighted by atomic mass is 31.2. The number of hydrogen-bond acceptors (Lipinski definition) is 7. The molecule has 0 amide bonds. The van der Waals surface area contributed by atoms with Crippen LogP contribution in [0.15, 0.2) is 15.8 Å². The molecule has 1 unspecified atom stereocenters. The summed E-state index contributed by atoms with van der Waals surface area (Å²) in [6.45, 7) is 0.868. The van der Waals surface area contributed by atoms with E-state index in [4.69, 9.17) is 14.5 Å². The molecule has 4 atom stereocenters. The number of ether oxygens (including phenoxy) is 1. The lowest BCUT2D eigenvalue weighted by molar-refractivity contribution is -0.0423. The van der Waals surface area contributed by atoms with Gasteiger partial charge in [0, 0.05) is 18.2 Å². The van der Waals surface area contributed by atoms with Gasteiger partial charge < -0.3 is 29.0 Å². The van der Waals surface area contributed by atoms with Crippen LogP contribution in [0.3, 0.4) is 0 Å². The summed E-state index contributed by atoms with van der Waals surface area (Å²) in [7, 11) is -9.34. The molecule has 0 bridgehead atoms. The van der Waals surface area contributed by atoms with Gasteiger partial charge in [0.1, 0.15) is 12.3 Å². The maximum atomic E-state index is 11.8. The normalized spacial score (nSPS) is 26.5. The molecule has 5 N–H and O–H groups in total. The molecule has 0 aliphatic carbocycles. The first-order valence-corrected chi connectivity index (χ1v) is 10.6. The molecule has 0 saturated carbocycles. The van der Waals surface area contributed by atoms with E-state index in [-0.39, 0.29) is 12.0 Å².